The summed E-state index contributed by atoms with van der Waals surface area (Å²) in [5.41, 5.74) is 2.25. The lowest BCUT2D eigenvalue weighted by atomic mass is 10.0. The number of nitrogens with one attached hydrogen (secondary N) is 2. The van der Waals surface area contributed by atoms with Gasteiger partial charge >= 0.3 is 0 Å². The molecule has 0 aliphatic carbocycles. The molecule has 1 aliphatic heterocycles. The molecular formula is C14H20N2O3. The number of aromatic amines is 1. The molecule has 2 heterocycles. The summed E-state index contributed by atoms with van der Waals surface area (Å²) in [6, 6.07) is 1.91. The van der Waals surface area contributed by atoms with Crippen LogP contribution in [-0.2, 0) is 16.1 Å². The minimum atomic E-state index is -0.123. The van der Waals surface area contributed by atoms with Gasteiger partial charge in [-0.05, 0) is 37.8 Å². The molecule has 5 nitrogen and oxygen atoms in total. The third-order valence-corrected chi connectivity index (χ3v) is 3.45. The van der Waals surface area contributed by atoms with Gasteiger partial charge in [-0.15, -0.1) is 0 Å². The van der Waals surface area contributed by atoms with Crippen LogP contribution in [0.1, 0.15) is 29.7 Å². The lowest BCUT2D eigenvalue weighted by Gasteiger charge is -2.10. The molecule has 5 heteroatoms. The molecule has 1 aromatic rings. The Balaban J connectivity index is 1.91. The summed E-state index contributed by atoms with van der Waals surface area (Å²) < 4.78 is 5.24. The quantitative estimate of drug-likeness (QED) is 0.853. The lowest BCUT2D eigenvalue weighted by Crippen LogP contribution is -2.29. The highest BCUT2D eigenvalue weighted by molar-refractivity contribution is 5.76. The highest BCUT2D eigenvalue weighted by Crippen LogP contribution is 2.15. The van der Waals surface area contributed by atoms with E-state index in [0.717, 1.165) is 24.3 Å². The minimum absolute atomic E-state index is 0.0186. The minimum Gasteiger partial charge on any atom is -0.381 e. The van der Waals surface area contributed by atoms with Gasteiger partial charge in [0.15, 0.2) is 0 Å². The molecule has 1 saturated heterocycles. The van der Waals surface area contributed by atoms with Crippen molar-refractivity contribution in [2.24, 2.45) is 5.92 Å². The normalized spacial score (nSPS) is 18.5. The van der Waals surface area contributed by atoms with Crippen LogP contribution in [0.5, 0.6) is 0 Å². The van der Waals surface area contributed by atoms with E-state index in [1.165, 1.54) is 0 Å². The van der Waals surface area contributed by atoms with Crippen LogP contribution in [0.15, 0.2) is 10.9 Å². The Morgan fingerprint density at radius 1 is 1.53 bits per heavy atom. The Labute approximate surface area is 112 Å². The first-order valence-corrected chi connectivity index (χ1v) is 6.60. The molecule has 2 N–H and O–H groups in total. The van der Waals surface area contributed by atoms with Crippen LogP contribution < -0.4 is 10.9 Å². The van der Waals surface area contributed by atoms with Crippen molar-refractivity contribution in [1.82, 2.24) is 10.3 Å². The van der Waals surface area contributed by atoms with E-state index in [9.17, 15) is 9.59 Å². The van der Waals surface area contributed by atoms with E-state index >= 15 is 0 Å². The van der Waals surface area contributed by atoms with Gasteiger partial charge in [-0.25, -0.2) is 0 Å². The van der Waals surface area contributed by atoms with E-state index in [-0.39, 0.29) is 18.0 Å². The molecule has 0 bridgehead atoms. The largest absolute Gasteiger partial charge is 0.381 e. The van der Waals surface area contributed by atoms with Crippen molar-refractivity contribution in [3.05, 3.63) is 33.2 Å². The number of aryl methyl sites for hydroxylation is 2. The Hall–Kier alpha value is -1.62. The second-order valence-corrected chi connectivity index (χ2v) is 5.15. The van der Waals surface area contributed by atoms with Crippen molar-refractivity contribution in [2.75, 3.05) is 13.2 Å². The lowest BCUT2D eigenvalue weighted by molar-refractivity contribution is -0.122. The highest BCUT2D eigenvalue weighted by Gasteiger charge is 2.19. The molecule has 1 fully saturated rings. The summed E-state index contributed by atoms with van der Waals surface area (Å²) in [5, 5.41) is 2.81. The number of rotatable bonds is 4. The number of hydrogen-bond donors (Lipinski definition) is 2. The molecular weight excluding hydrogens is 244 g/mol. The first-order chi connectivity index (χ1) is 9.06. The third kappa shape index (κ3) is 3.67. The summed E-state index contributed by atoms with van der Waals surface area (Å²) in [4.78, 5) is 26.3. The molecule has 1 atom stereocenters. The molecule has 1 amide bonds. The van der Waals surface area contributed by atoms with Crippen molar-refractivity contribution in [2.45, 2.75) is 33.2 Å². The van der Waals surface area contributed by atoms with E-state index in [1.54, 1.807) is 0 Å². The van der Waals surface area contributed by atoms with Crippen LogP contribution in [0.4, 0.5) is 0 Å². The molecule has 2 rings (SSSR count). The Morgan fingerprint density at radius 2 is 2.32 bits per heavy atom. The predicted molar refractivity (Wildman–Crippen MR) is 71.9 cm³/mol. The van der Waals surface area contributed by atoms with Crippen LogP contribution in [0.2, 0.25) is 0 Å². The maximum atomic E-state index is 11.8. The van der Waals surface area contributed by atoms with E-state index in [4.69, 9.17) is 4.74 Å². The monoisotopic (exact) mass is 264 g/mol. The van der Waals surface area contributed by atoms with Crippen LogP contribution >= 0.6 is 0 Å². The smallest absolute Gasteiger partial charge is 0.253 e. The van der Waals surface area contributed by atoms with Gasteiger partial charge in [-0.1, -0.05) is 0 Å². The maximum absolute atomic E-state index is 11.8. The second-order valence-electron chi connectivity index (χ2n) is 5.15. The zero-order valence-electron chi connectivity index (χ0n) is 11.4. The number of carbonyl (C=O) groups is 1. The van der Waals surface area contributed by atoms with Crippen LogP contribution in [-0.4, -0.2) is 24.1 Å². The van der Waals surface area contributed by atoms with Crippen LogP contribution in [0.25, 0.3) is 0 Å². The molecule has 1 aromatic heterocycles. The zero-order valence-corrected chi connectivity index (χ0v) is 11.4. The average molecular weight is 264 g/mol. The zero-order chi connectivity index (χ0) is 13.8. The number of H-pyrrole nitrogens is 1. The fourth-order valence-electron chi connectivity index (χ4n) is 2.37. The second kappa shape index (κ2) is 6.02. The van der Waals surface area contributed by atoms with Gasteiger partial charge in [0.1, 0.15) is 0 Å². The van der Waals surface area contributed by atoms with E-state index < -0.39 is 0 Å². The van der Waals surface area contributed by atoms with E-state index in [0.29, 0.717) is 24.5 Å². The molecule has 19 heavy (non-hydrogen) atoms. The first kappa shape index (κ1) is 13.8. The van der Waals surface area contributed by atoms with E-state index in [2.05, 4.69) is 10.3 Å². The van der Waals surface area contributed by atoms with Crippen molar-refractivity contribution in [1.29, 1.82) is 0 Å². The fraction of sp³-hybridized carbons (Fsp3) is 0.571. The number of aromatic nitrogens is 1. The summed E-state index contributed by atoms with van der Waals surface area (Å²) >= 11 is 0. The fourth-order valence-corrected chi connectivity index (χ4v) is 2.37. The van der Waals surface area contributed by atoms with Crippen molar-refractivity contribution >= 4 is 5.91 Å². The van der Waals surface area contributed by atoms with Gasteiger partial charge in [-0.2, -0.15) is 0 Å². The Bertz CT molecular complexity index is 516. The van der Waals surface area contributed by atoms with Gasteiger partial charge in [0.25, 0.3) is 5.56 Å². The van der Waals surface area contributed by atoms with Crippen molar-refractivity contribution in [3.63, 3.8) is 0 Å². The molecule has 0 radical (unpaired) electrons. The summed E-state index contributed by atoms with van der Waals surface area (Å²) in [5.74, 6) is 0.298. The highest BCUT2D eigenvalue weighted by atomic mass is 16.5. The van der Waals surface area contributed by atoms with Crippen LogP contribution in [0, 0.1) is 19.8 Å². The molecule has 0 aromatic carbocycles. The SMILES string of the molecule is Cc1cc(C)c(CNC(=O)CC2CCOC2)c(=O)[nH]1. The predicted octanol–water partition coefficient (Wildman–Crippen LogP) is 1.03. The third-order valence-electron chi connectivity index (χ3n) is 3.45. The van der Waals surface area contributed by atoms with Gasteiger partial charge in [0.05, 0.1) is 0 Å². The molecule has 1 aliphatic rings. The molecule has 1 unspecified atom stereocenters. The van der Waals surface area contributed by atoms with E-state index in [1.807, 2.05) is 19.9 Å². The van der Waals surface area contributed by atoms with Gasteiger partial charge in [-0.3, -0.25) is 9.59 Å². The van der Waals surface area contributed by atoms with Gasteiger partial charge in [0.2, 0.25) is 5.91 Å². The molecule has 0 saturated carbocycles. The molecule has 104 valence electrons. The summed E-state index contributed by atoms with van der Waals surface area (Å²) in [6.45, 7) is 5.42. The Morgan fingerprint density at radius 3 is 2.95 bits per heavy atom. The number of pyridine rings is 1. The standard InChI is InChI=1S/C14H20N2O3/c1-9-5-10(2)16-14(18)12(9)7-15-13(17)6-11-3-4-19-8-11/h5,11H,3-4,6-8H2,1-2H3,(H,15,17)(H,16,18). The average Bonchev–Trinajstić information content (AvgIpc) is 2.80. The van der Waals surface area contributed by atoms with Crippen molar-refractivity contribution in [3.8, 4) is 0 Å². The number of amides is 1. The summed E-state index contributed by atoms with van der Waals surface area (Å²) in [7, 11) is 0. The van der Waals surface area contributed by atoms with Gasteiger partial charge in [0, 0.05) is 37.4 Å². The van der Waals surface area contributed by atoms with Crippen LogP contribution in [0.3, 0.4) is 0 Å². The first-order valence-electron chi connectivity index (χ1n) is 6.60. The molecule has 0 spiro atoms. The number of carbonyl (C=O) groups excluding carboxylic acids is 1. The number of hydrogen-bond acceptors (Lipinski definition) is 3. The number of ether oxygens (including phenoxy) is 1. The van der Waals surface area contributed by atoms with Crippen molar-refractivity contribution < 1.29 is 9.53 Å². The Kier molecular flexibility index (Phi) is 4.37. The summed E-state index contributed by atoms with van der Waals surface area (Å²) in [6.07, 6.45) is 1.42. The van der Waals surface area contributed by atoms with Gasteiger partial charge < -0.3 is 15.0 Å². The maximum Gasteiger partial charge on any atom is 0.253 e. The topological polar surface area (TPSA) is 71.2 Å².